The zero-order chi connectivity index (χ0) is 15.4. The lowest BCUT2D eigenvalue weighted by Gasteiger charge is -2.27. The summed E-state index contributed by atoms with van der Waals surface area (Å²) in [5, 5.41) is 11.4. The molecule has 0 spiro atoms. The number of hydrogen-bond acceptors (Lipinski definition) is 5. The fourth-order valence-corrected chi connectivity index (χ4v) is 2.30. The van der Waals surface area contributed by atoms with E-state index in [9.17, 15) is 4.79 Å². The summed E-state index contributed by atoms with van der Waals surface area (Å²) < 4.78 is 6.78. The molecule has 0 N–H and O–H groups in total. The lowest BCUT2D eigenvalue weighted by atomic mass is 10.2. The molecule has 0 bridgehead atoms. The van der Waals surface area contributed by atoms with Gasteiger partial charge < -0.3 is 9.64 Å². The van der Waals surface area contributed by atoms with Crippen LogP contribution in [-0.2, 0) is 9.53 Å². The minimum Gasteiger partial charge on any atom is -0.378 e. The van der Waals surface area contributed by atoms with E-state index in [-0.39, 0.29) is 5.91 Å². The van der Waals surface area contributed by atoms with E-state index in [0.29, 0.717) is 37.8 Å². The third-order valence-electron chi connectivity index (χ3n) is 3.47. The Balaban J connectivity index is 1.98. The van der Waals surface area contributed by atoms with E-state index < -0.39 is 0 Å². The summed E-state index contributed by atoms with van der Waals surface area (Å²) in [4.78, 5) is 14.6. The number of morpholine rings is 1. The standard InChI is InChI=1S/C15H17N5O2/c1-12-16-17-18-20(12)14(11-13-5-3-2-4-6-13)15(21)19-7-9-22-10-8-19/h2-6,11H,7-10H2,1H3/b14-11+. The van der Waals surface area contributed by atoms with Gasteiger partial charge in [0.2, 0.25) is 0 Å². The highest BCUT2D eigenvalue weighted by Crippen LogP contribution is 2.15. The zero-order valence-electron chi connectivity index (χ0n) is 12.3. The largest absolute Gasteiger partial charge is 0.378 e. The zero-order valence-corrected chi connectivity index (χ0v) is 12.3. The quantitative estimate of drug-likeness (QED) is 0.785. The molecule has 7 heteroatoms. The minimum absolute atomic E-state index is 0.0949. The number of hydrogen-bond donors (Lipinski definition) is 0. The van der Waals surface area contributed by atoms with E-state index in [0.717, 1.165) is 5.56 Å². The highest BCUT2D eigenvalue weighted by atomic mass is 16.5. The van der Waals surface area contributed by atoms with Crippen molar-refractivity contribution in [2.45, 2.75) is 6.92 Å². The summed E-state index contributed by atoms with van der Waals surface area (Å²) in [6, 6.07) is 9.66. The maximum Gasteiger partial charge on any atom is 0.272 e. The molecule has 1 aromatic heterocycles. The average Bonchev–Trinajstić information content (AvgIpc) is 3.00. The molecule has 0 saturated carbocycles. The number of nitrogens with zero attached hydrogens (tertiary/aromatic N) is 5. The summed E-state index contributed by atoms with van der Waals surface area (Å²) in [5.74, 6) is 0.478. The molecule has 0 atom stereocenters. The molecule has 1 saturated heterocycles. The monoisotopic (exact) mass is 299 g/mol. The normalized spacial score (nSPS) is 15.9. The number of carbonyl (C=O) groups excluding carboxylic acids is 1. The molecule has 1 fully saturated rings. The van der Waals surface area contributed by atoms with Crippen LogP contribution in [0.1, 0.15) is 11.4 Å². The van der Waals surface area contributed by atoms with E-state index in [2.05, 4.69) is 15.5 Å². The van der Waals surface area contributed by atoms with Crippen molar-refractivity contribution in [2.24, 2.45) is 0 Å². The molecule has 1 aliphatic rings. The second-order valence-electron chi connectivity index (χ2n) is 4.98. The van der Waals surface area contributed by atoms with Gasteiger partial charge in [-0.1, -0.05) is 30.3 Å². The van der Waals surface area contributed by atoms with Crippen LogP contribution in [-0.4, -0.2) is 57.3 Å². The number of amides is 1. The van der Waals surface area contributed by atoms with Crippen LogP contribution in [0.5, 0.6) is 0 Å². The second-order valence-corrected chi connectivity index (χ2v) is 4.98. The van der Waals surface area contributed by atoms with Gasteiger partial charge in [0, 0.05) is 13.1 Å². The molecule has 2 aromatic rings. The molecule has 0 unspecified atom stereocenters. The van der Waals surface area contributed by atoms with Crippen molar-refractivity contribution < 1.29 is 9.53 Å². The number of benzene rings is 1. The van der Waals surface area contributed by atoms with Crippen LogP contribution in [0.2, 0.25) is 0 Å². The van der Waals surface area contributed by atoms with Gasteiger partial charge in [-0.15, -0.1) is 5.10 Å². The highest BCUT2D eigenvalue weighted by molar-refractivity contribution is 6.18. The highest BCUT2D eigenvalue weighted by Gasteiger charge is 2.23. The number of aromatic nitrogens is 4. The van der Waals surface area contributed by atoms with Crippen LogP contribution in [0, 0.1) is 6.92 Å². The molecule has 1 aliphatic heterocycles. The molecule has 1 amide bonds. The van der Waals surface area contributed by atoms with E-state index in [1.165, 1.54) is 4.68 Å². The lowest BCUT2D eigenvalue weighted by Crippen LogP contribution is -2.42. The Bertz CT molecular complexity index is 674. The first-order chi connectivity index (χ1) is 10.8. The van der Waals surface area contributed by atoms with E-state index in [4.69, 9.17) is 4.74 Å². The van der Waals surface area contributed by atoms with Gasteiger partial charge >= 0.3 is 0 Å². The molecule has 0 radical (unpaired) electrons. The van der Waals surface area contributed by atoms with Crippen molar-refractivity contribution in [3.05, 3.63) is 41.7 Å². The van der Waals surface area contributed by atoms with Crippen LogP contribution >= 0.6 is 0 Å². The first kappa shape index (κ1) is 14.4. The maximum absolute atomic E-state index is 12.8. The van der Waals surface area contributed by atoms with Gasteiger partial charge in [0.15, 0.2) is 5.82 Å². The van der Waals surface area contributed by atoms with Gasteiger partial charge in [-0.2, -0.15) is 4.68 Å². The number of rotatable bonds is 3. The third-order valence-corrected chi connectivity index (χ3v) is 3.47. The maximum atomic E-state index is 12.8. The average molecular weight is 299 g/mol. The number of ether oxygens (including phenoxy) is 1. The Morgan fingerprint density at radius 1 is 1.23 bits per heavy atom. The van der Waals surface area contributed by atoms with Crippen LogP contribution in [0.25, 0.3) is 11.8 Å². The number of aryl methyl sites for hydroxylation is 1. The van der Waals surface area contributed by atoms with Crippen molar-refractivity contribution in [3.8, 4) is 0 Å². The van der Waals surface area contributed by atoms with Gasteiger partial charge in [-0.05, 0) is 29.0 Å². The second kappa shape index (κ2) is 6.48. The summed E-state index contributed by atoms with van der Waals surface area (Å²) in [6.07, 6.45) is 1.81. The minimum atomic E-state index is -0.0949. The fraction of sp³-hybridized carbons (Fsp3) is 0.333. The first-order valence-corrected chi connectivity index (χ1v) is 7.15. The van der Waals surface area contributed by atoms with Crippen LogP contribution in [0.4, 0.5) is 0 Å². The lowest BCUT2D eigenvalue weighted by molar-refractivity contribution is -0.129. The third kappa shape index (κ3) is 3.04. The number of tetrazole rings is 1. The fourth-order valence-electron chi connectivity index (χ4n) is 2.30. The molecule has 3 rings (SSSR count). The summed E-state index contributed by atoms with van der Waals surface area (Å²) in [7, 11) is 0. The molecule has 7 nitrogen and oxygen atoms in total. The van der Waals surface area contributed by atoms with Gasteiger partial charge in [-0.3, -0.25) is 4.79 Å². The summed E-state index contributed by atoms with van der Waals surface area (Å²) in [5.41, 5.74) is 1.37. The Labute approximate surface area is 128 Å². The van der Waals surface area contributed by atoms with E-state index in [1.54, 1.807) is 17.9 Å². The van der Waals surface area contributed by atoms with E-state index in [1.807, 2.05) is 30.3 Å². The van der Waals surface area contributed by atoms with Gasteiger partial charge in [0.1, 0.15) is 5.70 Å². The smallest absolute Gasteiger partial charge is 0.272 e. The van der Waals surface area contributed by atoms with Gasteiger partial charge in [-0.25, -0.2) is 0 Å². The topological polar surface area (TPSA) is 73.1 Å². The van der Waals surface area contributed by atoms with Crippen molar-refractivity contribution >= 4 is 17.7 Å². The molecular weight excluding hydrogens is 282 g/mol. The Morgan fingerprint density at radius 2 is 1.95 bits per heavy atom. The Morgan fingerprint density at radius 3 is 2.59 bits per heavy atom. The summed E-state index contributed by atoms with van der Waals surface area (Å²) >= 11 is 0. The SMILES string of the molecule is Cc1nnnn1/C(=C/c1ccccc1)C(=O)N1CCOCC1. The van der Waals surface area contributed by atoms with Gasteiger partial charge in [0.25, 0.3) is 5.91 Å². The molecule has 2 heterocycles. The molecule has 0 aliphatic carbocycles. The predicted octanol–water partition coefficient (Wildman–Crippen LogP) is 0.838. The van der Waals surface area contributed by atoms with Crippen molar-refractivity contribution in [1.82, 2.24) is 25.1 Å². The molecule has 22 heavy (non-hydrogen) atoms. The van der Waals surface area contributed by atoms with Crippen molar-refractivity contribution in [1.29, 1.82) is 0 Å². The van der Waals surface area contributed by atoms with Gasteiger partial charge in [0.05, 0.1) is 13.2 Å². The molecule has 114 valence electrons. The van der Waals surface area contributed by atoms with Crippen LogP contribution in [0.3, 0.4) is 0 Å². The van der Waals surface area contributed by atoms with Crippen LogP contribution < -0.4 is 0 Å². The van der Waals surface area contributed by atoms with Crippen molar-refractivity contribution in [3.63, 3.8) is 0 Å². The number of carbonyl (C=O) groups is 1. The summed E-state index contributed by atoms with van der Waals surface area (Å²) in [6.45, 7) is 4.03. The predicted molar refractivity (Wildman–Crippen MR) is 80.6 cm³/mol. The van der Waals surface area contributed by atoms with Crippen molar-refractivity contribution in [2.75, 3.05) is 26.3 Å². The van der Waals surface area contributed by atoms with Crippen LogP contribution in [0.15, 0.2) is 30.3 Å². The molecule has 1 aromatic carbocycles. The molecular formula is C15H17N5O2. The Hall–Kier alpha value is -2.54. The first-order valence-electron chi connectivity index (χ1n) is 7.15. The Kier molecular flexibility index (Phi) is 4.24. The van der Waals surface area contributed by atoms with E-state index >= 15 is 0 Å².